The van der Waals surface area contributed by atoms with Gasteiger partial charge in [-0.3, -0.25) is 0 Å². The van der Waals surface area contributed by atoms with Gasteiger partial charge in [0.2, 0.25) is 5.84 Å². The van der Waals surface area contributed by atoms with Gasteiger partial charge in [0.15, 0.2) is 5.69 Å². The zero-order valence-electron chi connectivity index (χ0n) is 7.83. The number of hydrogen-bond acceptors (Lipinski definition) is 4. The first-order valence-electron chi connectivity index (χ1n) is 4.07. The van der Waals surface area contributed by atoms with Gasteiger partial charge >= 0.3 is 0 Å². The van der Waals surface area contributed by atoms with E-state index < -0.39 is 0 Å². The standard InChI is InChI=1S/C8H10N4S/c1-5-10-11-8(12(5)3)7-4-13-6(2)9-7/h4H,1-3H3/p+1. The maximum atomic E-state index is 4.37. The molecule has 2 heterocycles. The predicted octanol–water partition coefficient (Wildman–Crippen LogP) is 0.0598. The molecule has 1 aromatic heterocycles. The first kappa shape index (κ1) is 8.52. The average molecular weight is 195 g/mol. The van der Waals surface area contributed by atoms with Crippen LogP contribution in [0.4, 0.5) is 0 Å². The first-order valence-corrected chi connectivity index (χ1v) is 4.95. The Bertz CT molecular complexity index is 391. The minimum absolute atomic E-state index is 0.918. The van der Waals surface area contributed by atoms with Gasteiger partial charge in [-0.15, -0.1) is 11.3 Å². The molecule has 1 N–H and O–H groups in total. The second-order valence-corrected chi connectivity index (χ2v) is 4.07. The number of nitrogens with zero attached hydrogens (tertiary/aromatic N) is 3. The molecule has 13 heavy (non-hydrogen) atoms. The van der Waals surface area contributed by atoms with Crippen molar-refractivity contribution in [3.8, 4) is 0 Å². The number of quaternary nitrogens is 1. The number of aromatic nitrogens is 1. The van der Waals surface area contributed by atoms with Gasteiger partial charge in [-0.1, -0.05) is 10.2 Å². The SMILES string of the molecule is CC1=NN=C(c2csc(C)n2)[NH+]1C. The smallest absolute Gasteiger partial charge is 0.239 e. The molecular formula is C8H11N4S+. The molecule has 1 aliphatic rings. The van der Waals surface area contributed by atoms with Gasteiger partial charge in [0.25, 0.3) is 5.84 Å². The molecular weight excluding hydrogens is 184 g/mol. The summed E-state index contributed by atoms with van der Waals surface area (Å²) in [5, 5.41) is 11.2. The Hall–Kier alpha value is -1.07. The number of nitrogens with one attached hydrogen (secondary N) is 1. The molecule has 1 aromatic rings. The summed E-state index contributed by atoms with van der Waals surface area (Å²) in [5.41, 5.74) is 0.945. The Balaban J connectivity index is 2.31. The Morgan fingerprint density at radius 1 is 1.31 bits per heavy atom. The van der Waals surface area contributed by atoms with Crippen molar-refractivity contribution in [1.29, 1.82) is 0 Å². The fourth-order valence-corrected chi connectivity index (χ4v) is 1.76. The zero-order valence-corrected chi connectivity index (χ0v) is 8.64. The van der Waals surface area contributed by atoms with E-state index in [1.54, 1.807) is 11.3 Å². The van der Waals surface area contributed by atoms with E-state index in [2.05, 4.69) is 15.2 Å². The van der Waals surface area contributed by atoms with Crippen molar-refractivity contribution in [3.05, 3.63) is 16.1 Å². The number of rotatable bonds is 1. The number of thiazole rings is 1. The highest BCUT2D eigenvalue weighted by atomic mass is 32.1. The number of hydrogen-bond donors (Lipinski definition) is 1. The van der Waals surface area contributed by atoms with E-state index in [0.29, 0.717) is 0 Å². The van der Waals surface area contributed by atoms with Crippen LogP contribution in [0, 0.1) is 6.92 Å². The molecule has 1 atom stereocenters. The van der Waals surface area contributed by atoms with Crippen LogP contribution in [0.3, 0.4) is 0 Å². The van der Waals surface area contributed by atoms with Crippen molar-refractivity contribution in [3.63, 3.8) is 0 Å². The summed E-state index contributed by atoms with van der Waals surface area (Å²) in [5.74, 6) is 1.91. The summed E-state index contributed by atoms with van der Waals surface area (Å²) in [6.07, 6.45) is 0. The molecule has 4 nitrogen and oxygen atoms in total. The van der Waals surface area contributed by atoms with Crippen LogP contribution < -0.4 is 4.90 Å². The van der Waals surface area contributed by atoms with Gasteiger partial charge in [-0.05, 0) is 6.92 Å². The summed E-state index contributed by atoms with van der Waals surface area (Å²) in [6, 6.07) is 0. The molecule has 0 amide bonds. The Morgan fingerprint density at radius 2 is 2.08 bits per heavy atom. The molecule has 5 heteroatoms. The molecule has 0 aliphatic carbocycles. The minimum atomic E-state index is 0.918. The van der Waals surface area contributed by atoms with E-state index >= 15 is 0 Å². The summed E-state index contributed by atoms with van der Waals surface area (Å²) in [6.45, 7) is 3.96. The van der Waals surface area contributed by atoms with Crippen LogP contribution in [0.5, 0.6) is 0 Å². The van der Waals surface area contributed by atoms with Crippen LogP contribution >= 0.6 is 11.3 Å². The van der Waals surface area contributed by atoms with Crippen LogP contribution in [-0.2, 0) is 0 Å². The van der Waals surface area contributed by atoms with E-state index in [0.717, 1.165) is 27.3 Å². The molecule has 0 saturated heterocycles. The lowest BCUT2D eigenvalue weighted by molar-refractivity contribution is -0.671. The van der Waals surface area contributed by atoms with Crippen LogP contribution in [0.15, 0.2) is 15.6 Å². The lowest BCUT2D eigenvalue weighted by atomic mass is 10.4. The molecule has 0 aromatic carbocycles. The maximum absolute atomic E-state index is 4.37. The monoisotopic (exact) mass is 195 g/mol. The van der Waals surface area contributed by atoms with Gasteiger partial charge < -0.3 is 0 Å². The fourth-order valence-electron chi connectivity index (χ4n) is 1.16. The summed E-state index contributed by atoms with van der Waals surface area (Å²) < 4.78 is 0. The van der Waals surface area contributed by atoms with E-state index in [1.165, 1.54) is 0 Å². The van der Waals surface area contributed by atoms with E-state index in [1.807, 2.05) is 26.3 Å². The largest absolute Gasteiger partial charge is 0.278 e. The molecule has 1 unspecified atom stereocenters. The van der Waals surface area contributed by atoms with Gasteiger partial charge in [-0.2, -0.15) is 0 Å². The third kappa shape index (κ3) is 1.40. The molecule has 0 saturated carbocycles. The lowest BCUT2D eigenvalue weighted by Gasteiger charge is -2.04. The molecule has 2 rings (SSSR count). The van der Waals surface area contributed by atoms with Gasteiger partial charge in [0, 0.05) is 12.3 Å². The zero-order chi connectivity index (χ0) is 9.42. The van der Waals surface area contributed by atoms with Crippen LogP contribution in [0.2, 0.25) is 0 Å². The molecule has 1 aliphatic heterocycles. The number of aryl methyl sites for hydroxylation is 1. The highest BCUT2D eigenvalue weighted by Crippen LogP contribution is 2.08. The van der Waals surface area contributed by atoms with Crippen molar-refractivity contribution in [2.24, 2.45) is 10.2 Å². The normalized spacial score (nSPS) is 21.6. The fraction of sp³-hybridized carbons (Fsp3) is 0.375. The first-order chi connectivity index (χ1) is 6.18. The third-order valence-electron chi connectivity index (χ3n) is 2.06. The minimum Gasteiger partial charge on any atom is -0.239 e. The van der Waals surface area contributed by atoms with E-state index in [4.69, 9.17) is 0 Å². The summed E-state index contributed by atoms with van der Waals surface area (Å²) in [7, 11) is 2.03. The topological polar surface area (TPSA) is 42.0 Å². The van der Waals surface area contributed by atoms with Crippen molar-refractivity contribution < 1.29 is 4.90 Å². The second-order valence-electron chi connectivity index (χ2n) is 3.01. The maximum Gasteiger partial charge on any atom is 0.278 e. The van der Waals surface area contributed by atoms with Crippen LogP contribution in [-0.4, -0.2) is 23.7 Å². The summed E-state index contributed by atoms with van der Waals surface area (Å²) >= 11 is 1.64. The van der Waals surface area contributed by atoms with Gasteiger partial charge in [-0.25, -0.2) is 9.88 Å². The Morgan fingerprint density at radius 3 is 2.54 bits per heavy atom. The Labute approximate surface area is 80.6 Å². The highest BCUT2D eigenvalue weighted by Gasteiger charge is 2.25. The quantitative estimate of drug-likeness (QED) is 0.676. The summed E-state index contributed by atoms with van der Waals surface area (Å²) in [4.78, 5) is 5.50. The van der Waals surface area contributed by atoms with Crippen molar-refractivity contribution >= 4 is 23.0 Å². The molecule has 0 spiro atoms. The van der Waals surface area contributed by atoms with E-state index in [9.17, 15) is 0 Å². The van der Waals surface area contributed by atoms with Crippen LogP contribution in [0.25, 0.3) is 0 Å². The van der Waals surface area contributed by atoms with Crippen LogP contribution in [0.1, 0.15) is 17.6 Å². The molecule has 0 bridgehead atoms. The van der Waals surface area contributed by atoms with E-state index in [-0.39, 0.29) is 0 Å². The van der Waals surface area contributed by atoms with Crippen molar-refractivity contribution in [2.75, 3.05) is 7.05 Å². The van der Waals surface area contributed by atoms with Crippen molar-refractivity contribution in [2.45, 2.75) is 13.8 Å². The molecule has 0 radical (unpaired) electrons. The third-order valence-corrected chi connectivity index (χ3v) is 2.83. The van der Waals surface area contributed by atoms with Gasteiger partial charge in [0.1, 0.15) is 0 Å². The van der Waals surface area contributed by atoms with Gasteiger partial charge in [0.05, 0.1) is 12.1 Å². The highest BCUT2D eigenvalue weighted by molar-refractivity contribution is 7.09. The second kappa shape index (κ2) is 3.01. The Kier molecular flexibility index (Phi) is 1.97. The van der Waals surface area contributed by atoms with Crippen molar-refractivity contribution in [1.82, 2.24) is 4.98 Å². The molecule has 68 valence electrons. The number of amidine groups is 2. The lowest BCUT2D eigenvalue weighted by Crippen LogP contribution is -3.12. The predicted molar refractivity (Wildman–Crippen MR) is 53.4 cm³/mol. The average Bonchev–Trinajstić information content (AvgIpc) is 2.62. The molecule has 0 fully saturated rings.